The number of nitrogens with two attached hydrogens (primary N) is 1. The summed E-state index contributed by atoms with van der Waals surface area (Å²) in [5.41, 5.74) is 10.3. The van der Waals surface area contributed by atoms with E-state index in [9.17, 15) is 4.79 Å². The smallest absolute Gasteiger partial charge is 0.227 e. The van der Waals surface area contributed by atoms with Crippen LogP contribution < -0.4 is 5.73 Å². The Morgan fingerprint density at radius 2 is 1.88 bits per heavy atom. The van der Waals surface area contributed by atoms with Crippen LogP contribution in [0.3, 0.4) is 0 Å². The van der Waals surface area contributed by atoms with Crippen molar-refractivity contribution in [3.05, 3.63) is 70.6 Å². The van der Waals surface area contributed by atoms with Gasteiger partial charge in [-0.25, -0.2) is 0 Å². The Kier molecular flexibility index (Phi) is 5.05. The van der Waals surface area contributed by atoms with E-state index in [0.29, 0.717) is 31.1 Å². The molecule has 0 spiro atoms. The molecule has 1 aromatic heterocycles. The first-order chi connectivity index (χ1) is 12.1. The molecule has 0 fully saturated rings. The molecule has 128 valence electrons. The molecule has 0 aliphatic carbocycles. The lowest BCUT2D eigenvalue weighted by molar-refractivity contribution is 0.0979. The summed E-state index contributed by atoms with van der Waals surface area (Å²) in [4.78, 5) is 16.8. The topological polar surface area (TPSA) is 82.0 Å². The van der Waals surface area contributed by atoms with Crippen LogP contribution in [0.4, 0.5) is 0 Å². The van der Waals surface area contributed by atoms with Gasteiger partial charge in [-0.1, -0.05) is 47.1 Å². The van der Waals surface area contributed by atoms with Gasteiger partial charge in [-0.15, -0.1) is 0 Å². The number of carbonyl (C=O) groups excluding carboxylic acids is 1. The zero-order valence-corrected chi connectivity index (χ0v) is 14.5. The van der Waals surface area contributed by atoms with Gasteiger partial charge >= 0.3 is 0 Å². The third-order valence-electron chi connectivity index (χ3n) is 4.18. The maximum Gasteiger partial charge on any atom is 0.227 e. The minimum absolute atomic E-state index is 0.0910. The standard InChI is InChI=1S/C20H21N3O2/c1-13-3-4-14(2)17(11-13)18(24)9-10-19-22-20(23-25-19)16-7-5-15(12-21)6-8-16/h3-8,11H,9-10,12,21H2,1-2H3. The number of rotatable bonds is 6. The van der Waals surface area contributed by atoms with E-state index in [-0.39, 0.29) is 5.78 Å². The van der Waals surface area contributed by atoms with E-state index >= 15 is 0 Å². The van der Waals surface area contributed by atoms with Gasteiger partial charge in [0.25, 0.3) is 0 Å². The van der Waals surface area contributed by atoms with Crippen LogP contribution in [0.15, 0.2) is 47.0 Å². The Bertz CT molecular complexity index is 882. The summed E-state index contributed by atoms with van der Waals surface area (Å²) in [5.74, 6) is 1.09. The van der Waals surface area contributed by atoms with Gasteiger partial charge < -0.3 is 10.3 Å². The van der Waals surface area contributed by atoms with E-state index in [1.54, 1.807) is 0 Å². The monoisotopic (exact) mass is 335 g/mol. The summed E-state index contributed by atoms with van der Waals surface area (Å²) in [6, 6.07) is 13.6. The number of hydrogen-bond acceptors (Lipinski definition) is 5. The Morgan fingerprint density at radius 3 is 2.60 bits per heavy atom. The largest absolute Gasteiger partial charge is 0.339 e. The number of Topliss-reactive ketones (excluding diaryl/α,β-unsaturated/α-hetero) is 1. The Labute approximate surface area is 146 Å². The molecule has 5 nitrogen and oxygen atoms in total. The summed E-state index contributed by atoms with van der Waals surface area (Å²) in [7, 11) is 0. The first-order valence-electron chi connectivity index (χ1n) is 8.29. The van der Waals surface area contributed by atoms with Crippen molar-refractivity contribution in [3.63, 3.8) is 0 Å². The molecule has 0 unspecified atom stereocenters. The molecule has 0 bridgehead atoms. The summed E-state index contributed by atoms with van der Waals surface area (Å²) >= 11 is 0. The lowest BCUT2D eigenvalue weighted by atomic mass is 9.99. The highest BCUT2D eigenvalue weighted by molar-refractivity contribution is 5.97. The molecule has 3 rings (SSSR count). The second-order valence-electron chi connectivity index (χ2n) is 6.15. The van der Waals surface area contributed by atoms with Gasteiger partial charge in [0, 0.05) is 30.5 Å². The average Bonchev–Trinajstić information content (AvgIpc) is 3.11. The molecule has 0 saturated carbocycles. The fraction of sp³-hybridized carbons (Fsp3) is 0.250. The van der Waals surface area contributed by atoms with Gasteiger partial charge in [0.2, 0.25) is 11.7 Å². The van der Waals surface area contributed by atoms with Crippen LogP contribution in [-0.4, -0.2) is 15.9 Å². The molecular formula is C20H21N3O2. The molecule has 0 radical (unpaired) electrons. The lowest BCUT2D eigenvalue weighted by Gasteiger charge is -2.05. The highest BCUT2D eigenvalue weighted by Crippen LogP contribution is 2.18. The highest BCUT2D eigenvalue weighted by Gasteiger charge is 2.13. The Morgan fingerprint density at radius 1 is 1.12 bits per heavy atom. The third kappa shape index (κ3) is 4.00. The van der Waals surface area contributed by atoms with Gasteiger partial charge in [0.05, 0.1) is 0 Å². The van der Waals surface area contributed by atoms with E-state index in [0.717, 1.165) is 27.8 Å². The number of aromatic nitrogens is 2. The van der Waals surface area contributed by atoms with E-state index in [2.05, 4.69) is 10.1 Å². The molecule has 0 atom stereocenters. The summed E-state index contributed by atoms with van der Waals surface area (Å²) < 4.78 is 5.28. The van der Waals surface area contributed by atoms with Crippen molar-refractivity contribution >= 4 is 5.78 Å². The quantitative estimate of drug-likeness (QED) is 0.696. The molecule has 5 heteroatoms. The molecule has 25 heavy (non-hydrogen) atoms. The molecular weight excluding hydrogens is 314 g/mol. The Balaban J connectivity index is 1.67. The predicted octanol–water partition coefficient (Wildman–Crippen LogP) is 3.63. The van der Waals surface area contributed by atoms with Crippen LogP contribution >= 0.6 is 0 Å². The molecule has 3 aromatic rings. The summed E-state index contributed by atoms with van der Waals surface area (Å²) in [6.45, 7) is 4.43. The fourth-order valence-electron chi connectivity index (χ4n) is 2.65. The van der Waals surface area contributed by atoms with Crippen LogP contribution in [0, 0.1) is 13.8 Å². The van der Waals surface area contributed by atoms with Crippen molar-refractivity contribution in [2.45, 2.75) is 33.2 Å². The van der Waals surface area contributed by atoms with Gasteiger partial charge in [-0.2, -0.15) is 4.98 Å². The normalized spacial score (nSPS) is 10.8. The van der Waals surface area contributed by atoms with E-state index in [1.807, 2.05) is 56.3 Å². The van der Waals surface area contributed by atoms with E-state index in [4.69, 9.17) is 10.3 Å². The van der Waals surface area contributed by atoms with Gasteiger partial charge in [0.1, 0.15) is 0 Å². The van der Waals surface area contributed by atoms with Crippen LogP contribution in [0.1, 0.15) is 39.4 Å². The second kappa shape index (κ2) is 7.40. The Hall–Kier alpha value is -2.79. The van der Waals surface area contributed by atoms with Crippen molar-refractivity contribution in [1.82, 2.24) is 10.1 Å². The first kappa shape index (κ1) is 17.0. The number of aryl methyl sites for hydroxylation is 3. The first-order valence-corrected chi connectivity index (χ1v) is 8.29. The van der Waals surface area contributed by atoms with Crippen molar-refractivity contribution in [3.8, 4) is 11.4 Å². The number of hydrogen-bond donors (Lipinski definition) is 1. The van der Waals surface area contributed by atoms with Crippen LogP contribution in [-0.2, 0) is 13.0 Å². The minimum atomic E-state index is 0.0910. The number of benzene rings is 2. The number of nitrogens with zero attached hydrogens (tertiary/aromatic N) is 2. The maximum atomic E-state index is 12.4. The van der Waals surface area contributed by atoms with Crippen LogP contribution in [0.5, 0.6) is 0 Å². The zero-order chi connectivity index (χ0) is 17.8. The van der Waals surface area contributed by atoms with Gasteiger partial charge in [-0.3, -0.25) is 4.79 Å². The summed E-state index contributed by atoms with van der Waals surface area (Å²) in [6.07, 6.45) is 0.776. The zero-order valence-electron chi connectivity index (χ0n) is 14.5. The SMILES string of the molecule is Cc1ccc(C)c(C(=O)CCc2nc(-c3ccc(CN)cc3)no2)c1. The van der Waals surface area contributed by atoms with E-state index in [1.165, 1.54) is 0 Å². The van der Waals surface area contributed by atoms with Crippen LogP contribution in [0.2, 0.25) is 0 Å². The van der Waals surface area contributed by atoms with Gasteiger partial charge in [0.15, 0.2) is 5.78 Å². The molecule has 2 N–H and O–H groups in total. The van der Waals surface area contributed by atoms with Crippen molar-refractivity contribution in [2.75, 3.05) is 0 Å². The third-order valence-corrected chi connectivity index (χ3v) is 4.18. The molecule has 1 heterocycles. The minimum Gasteiger partial charge on any atom is -0.339 e. The average molecular weight is 335 g/mol. The fourth-order valence-corrected chi connectivity index (χ4v) is 2.65. The predicted molar refractivity (Wildman–Crippen MR) is 96.2 cm³/mol. The van der Waals surface area contributed by atoms with E-state index < -0.39 is 0 Å². The maximum absolute atomic E-state index is 12.4. The van der Waals surface area contributed by atoms with Crippen molar-refractivity contribution < 1.29 is 9.32 Å². The molecule has 0 amide bonds. The van der Waals surface area contributed by atoms with Gasteiger partial charge in [-0.05, 0) is 31.0 Å². The second-order valence-corrected chi connectivity index (χ2v) is 6.15. The molecule has 2 aromatic carbocycles. The highest BCUT2D eigenvalue weighted by atomic mass is 16.5. The summed E-state index contributed by atoms with van der Waals surface area (Å²) in [5, 5.41) is 4.00. The molecule has 0 aliphatic heterocycles. The van der Waals surface area contributed by atoms with Crippen molar-refractivity contribution in [2.24, 2.45) is 5.73 Å². The van der Waals surface area contributed by atoms with Crippen LogP contribution in [0.25, 0.3) is 11.4 Å². The van der Waals surface area contributed by atoms with Crippen molar-refractivity contribution in [1.29, 1.82) is 0 Å². The lowest BCUT2D eigenvalue weighted by Crippen LogP contribution is -2.04. The number of carbonyl (C=O) groups is 1. The molecule has 0 saturated heterocycles. The molecule has 0 aliphatic rings. The number of ketones is 1.